The SMILES string of the molecule is CC1(C)c2cc(N(c3ccc4c(c3)C(C)(C)c3c5c(c6c(oc7ccccc76)c3-4)-c3ccccc3C5(C)C)c3ccccc3-c3ccccc3)ccc2-c2cc3c(cc21)-c1c(ccc2oc4ccccc4c12)C3(C)C. The van der Waals surface area contributed by atoms with Crippen LogP contribution in [0.15, 0.2) is 197 Å². The molecule has 0 unspecified atom stereocenters. The van der Waals surface area contributed by atoms with Crippen LogP contribution in [-0.4, -0.2) is 0 Å². The molecule has 0 N–H and O–H groups in total. The second-order valence-corrected chi connectivity index (χ2v) is 23.9. The first-order chi connectivity index (χ1) is 36.2. The maximum atomic E-state index is 7.10. The number of hydrogen-bond donors (Lipinski definition) is 0. The Balaban J connectivity index is 0.903. The third-order valence-corrected chi connectivity index (χ3v) is 18.6. The summed E-state index contributed by atoms with van der Waals surface area (Å²) in [7, 11) is 0. The molecule has 0 fully saturated rings. The number of fused-ring (bicyclic) bond motifs is 22. The van der Waals surface area contributed by atoms with Crippen LogP contribution in [0.5, 0.6) is 0 Å². The molecule has 0 bridgehead atoms. The number of benzene rings is 10. The molecule has 4 aliphatic carbocycles. The summed E-state index contributed by atoms with van der Waals surface area (Å²) in [5, 5.41) is 4.80. The second kappa shape index (κ2) is 14.3. The van der Waals surface area contributed by atoms with Gasteiger partial charge in [0.1, 0.15) is 22.3 Å². The van der Waals surface area contributed by atoms with Crippen molar-refractivity contribution in [2.45, 2.75) is 77.0 Å². The van der Waals surface area contributed by atoms with Crippen LogP contribution in [-0.2, 0) is 21.7 Å². The highest BCUT2D eigenvalue weighted by molar-refractivity contribution is 6.21. The monoisotopic (exact) mass is 965 g/mol. The fraction of sp³-hybridized carbons (Fsp3) is 0.167. The fourth-order valence-corrected chi connectivity index (χ4v) is 15.0. The van der Waals surface area contributed by atoms with Gasteiger partial charge in [0, 0.05) is 65.7 Å². The molecule has 10 aromatic carbocycles. The number of furan rings is 2. The highest BCUT2D eigenvalue weighted by Crippen LogP contribution is 2.64. The highest BCUT2D eigenvalue weighted by atomic mass is 16.3. The van der Waals surface area contributed by atoms with Crippen molar-refractivity contribution >= 4 is 60.9 Å². The molecule has 3 heteroatoms. The maximum Gasteiger partial charge on any atom is 0.144 e. The van der Waals surface area contributed by atoms with E-state index in [0.29, 0.717) is 0 Å². The van der Waals surface area contributed by atoms with Crippen LogP contribution in [0.4, 0.5) is 17.1 Å². The summed E-state index contributed by atoms with van der Waals surface area (Å²) in [5.74, 6) is 0. The molecule has 360 valence electrons. The molecule has 3 nitrogen and oxygen atoms in total. The second-order valence-electron chi connectivity index (χ2n) is 23.9. The minimum Gasteiger partial charge on any atom is -0.456 e. The molecular formula is C72H55NO2. The van der Waals surface area contributed by atoms with Crippen molar-refractivity contribution < 1.29 is 8.83 Å². The molecule has 2 heterocycles. The smallest absolute Gasteiger partial charge is 0.144 e. The normalized spacial score (nSPS) is 16.2. The summed E-state index contributed by atoms with van der Waals surface area (Å²) in [6.07, 6.45) is 0. The van der Waals surface area contributed by atoms with Gasteiger partial charge in [-0.1, -0.05) is 183 Å². The predicted molar refractivity (Wildman–Crippen MR) is 311 cm³/mol. The topological polar surface area (TPSA) is 29.5 Å². The van der Waals surface area contributed by atoms with E-state index in [-0.39, 0.29) is 21.7 Å². The molecule has 16 rings (SSSR count). The van der Waals surface area contributed by atoms with Crippen LogP contribution in [0, 0.1) is 0 Å². The van der Waals surface area contributed by atoms with Gasteiger partial charge in [-0.2, -0.15) is 0 Å². The quantitative estimate of drug-likeness (QED) is 0.176. The summed E-state index contributed by atoms with van der Waals surface area (Å²) in [4.78, 5) is 2.53. The lowest BCUT2D eigenvalue weighted by atomic mass is 9.72. The van der Waals surface area contributed by atoms with Gasteiger partial charge in [0.05, 0.1) is 5.69 Å². The van der Waals surface area contributed by atoms with Gasteiger partial charge in [-0.05, 0) is 150 Å². The molecule has 0 saturated heterocycles. The van der Waals surface area contributed by atoms with Crippen LogP contribution in [0.1, 0.15) is 99.9 Å². The minimum atomic E-state index is -0.357. The van der Waals surface area contributed by atoms with E-state index in [2.05, 4.69) is 248 Å². The Kier molecular flexibility index (Phi) is 8.18. The third-order valence-electron chi connectivity index (χ3n) is 18.6. The zero-order valence-electron chi connectivity index (χ0n) is 43.7. The van der Waals surface area contributed by atoms with Crippen LogP contribution < -0.4 is 4.90 Å². The van der Waals surface area contributed by atoms with Crippen molar-refractivity contribution in [1.29, 1.82) is 0 Å². The zero-order chi connectivity index (χ0) is 50.7. The van der Waals surface area contributed by atoms with E-state index in [1.54, 1.807) is 0 Å². The van der Waals surface area contributed by atoms with Crippen molar-refractivity contribution in [2.24, 2.45) is 0 Å². The first kappa shape index (κ1) is 43.0. The molecule has 0 atom stereocenters. The van der Waals surface area contributed by atoms with E-state index in [4.69, 9.17) is 8.83 Å². The van der Waals surface area contributed by atoms with Gasteiger partial charge < -0.3 is 13.7 Å². The van der Waals surface area contributed by atoms with Crippen molar-refractivity contribution in [3.8, 4) is 55.6 Å². The summed E-state index contributed by atoms with van der Waals surface area (Å²) in [6, 6.07) is 70.2. The first-order valence-electron chi connectivity index (χ1n) is 26.7. The van der Waals surface area contributed by atoms with E-state index in [0.717, 1.165) is 39.4 Å². The molecule has 0 aliphatic heterocycles. The van der Waals surface area contributed by atoms with Gasteiger partial charge in [-0.25, -0.2) is 0 Å². The van der Waals surface area contributed by atoms with Crippen molar-refractivity contribution in [3.05, 3.63) is 233 Å². The molecule has 2 aromatic heterocycles. The van der Waals surface area contributed by atoms with Gasteiger partial charge in [0.2, 0.25) is 0 Å². The third kappa shape index (κ3) is 5.36. The summed E-state index contributed by atoms with van der Waals surface area (Å²) in [6.45, 7) is 19.4. The Hall–Kier alpha value is -8.40. The van der Waals surface area contributed by atoms with Crippen molar-refractivity contribution in [3.63, 3.8) is 0 Å². The Morgan fingerprint density at radius 1 is 0.320 bits per heavy atom. The van der Waals surface area contributed by atoms with E-state index in [9.17, 15) is 0 Å². The number of hydrogen-bond acceptors (Lipinski definition) is 3. The molecule has 0 amide bonds. The Morgan fingerprint density at radius 2 is 0.853 bits per heavy atom. The van der Waals surface area contributed by atoms with Gasteiger partial charge in [-0.15, -0.1) is 0 Å². The van der Waals surface area contributed by atoms with Crippen LogP contribution in [0.25, 0.3) is 99.5 Å². The molecule has 4 aliphatic rings. The average Bonchev–Trinajstić information content (AvgIpc) is 4.27. The standard InChI is InChI=1S/C72H55NO2/c1-69(2)52-34-35-60-62(47-24-14-18-28-58(47)74-60)61(52)50-39-55-49(38-56(50)69)44-32-30-41(36-53(44)70(55,3)4)73(57-27-17-13-22-43(57)40-20-10-9-11-21-40)42-31-33-46-54(37-42)72(7,8)67-65(46)68-64(48-25-15-19-29-59(48)75-68)63-45-23-12-16-26-51(45)71(5,6)66(63)67/h9-39H,1-8H3. The van der Waals surface area contributed by atoms with Gasteiger partial charge in [0.25, 0.3) is 0 Å². The van der Waals surface area contributed by atoms with Crippen LogP contribution in [0.2, 0.25) is 0 Å². The first-order valence-corrected chi connectivity index (χ1v) is 26.7. The van der Waals surface area contributed by atoms with Gasteiger partial charge in [0.15, 0.2) is 0 Å². The lowest BCUT2D eigenvalue weighted by molar-refractivity contribution is 0.600. The van der Waals surface area contributed by atoms with E-state index in [1.165, 1.54) is 122 Å². The Labute approximate surface area is 437 Å². The minimum absolute atomic E-state index is 0.186. The van der Waals surface area contributed by atoms with E-state index < -0.39 is 0 Å². The zero-order valence-corrected chi connectivity index (χ0v) is 43.7. The predicted octanol–water partition coefficient (Wildman–Crippen LogP) is 19.8. The van der Waals surface area contributed by atoms with Crippen LogP contribution >= 0.6 is 0 Å². The van der Waals surface area contributed by atoms with E-state index in [1.807, 2.05) is 0 Å². The molecule has 0 radical (unpaired) electrons. The summed E-state index contributed by atoms with van der Waals surface area (Å²) >= 11 is 0. The summed E-state index contributed by atoms with van der Waals surface area (Å²) in [5.41, 5.74) is 29.8. The molecule has 0 saturated carbocycles. The highest BCUT2D eigenvalue weighted by Gasteiger charge is 2.49. The fourth-order valence-electron chi connectivity index (χ4n) is 15.0. The Morgan fingerprint density at radius 3 is 1.61 bits per heavy atom. The van der Waals surface area contributed by atoms with Gasteiger partial charge >= 0.3 is 0 Å². The molecular weight excluding hydrogens is 911 g/mol. The van der Waals surface area contributed by atoms with Crippen molar-refractivity contribution in [1.82, 2.24) is 0 Å². The van der Waals surface area contributed by atoms with Crippen LogP contribution in [0.3, 0.4) is 0 Å². The number of para-hydroxylation sites is 3. The molecule has 0 spiro atoms. The molecule has 75 heavy (non-hydrogen) atoms. The molecule has 12 aromatic rings. The maximum absolute atomic E-state index is 7.10. The van der Waals surface area contributed by atoms with E-state index >= 15 is 0 Å². The number of anilines is 3. The lowest BCUT2D eigenvalue weighted by Gasteiger charge is -2.32. The summed E-state index contributed by atoms with van der Waals surface area (Å²) < 4.78 is 13.6. The average molecular weight is 966 g/mol. The number of rotatable bonds is 4. The lowest BCUT2D eigenvalue weighted by Crippen LogP contribution is -2.24. The largest absolute Gasteiger partial charge is 0.456 e. The van der Waals surface area contributed by atoms with Gasteiger partial charge in [-0.3, -0.25) is 0 Å². The Bertz CT molecular complexity index is 4530. The number of nitrogens with zero attached hydrogens (tertiary/aromatic N) is 1. The van der Waals surface area contributed by atoms with Crippen molar-refractivity contribution in [2.75, 3.05) is 4.90 Å².